The molecule has 1 atom stereocenters. The molecule has 1 aliphatic rings. The minimum atomic E-state index is -0.104. The summed E-state index contributed by atoms with van der Waals surface area (Å²) in [4.78, 5) is 12.1. The van der Waals surface area contributed by atoms with Crippen molar-refractivity contribution in [3.63, 3.8) is 0 Å². The first-order valence-electron chi connectivity index (χ1n) is 5.55. The molecule has 16 heavy (non-hydrogen) atoms. The molecule has 0 spiro atoms. The zero-order chi connectivity index (χ0) is 11.5. The predicted molar refractivity (Wildman–Crippen MR) is 63.4 cm³/mol. The maximum absolute atomic E-state index is 12.1. The van der Waals surface area contributed by atoms with Crippen molar-refractivity contribution in [2.45, 2.75) is 18.9 Å². The lowest BCUT2D eigenvalue weighted by molar-refractivity contribution is 0.0876. The average molecular weight is 216 g/mol. The molecule has 0 radical (unpaired) electrons. The molecule has 0 aromatic heterocycles. The van der Waals surface area contributed by atoms with E-state index in [1.807, 2.05) is 30.3 Å². The number of methoxy groups -OCH3 is 1. The molecule has 2 heteroatoms. The van der Waals surface area contributed by atoms with E-state index < -0.39 is 0 Å². The van der Waals surface area contributed by atoms with Gasteiger partial charge in [-0.3, -0.25) is 4.79 Å². The van der Waals surface area contributed by atoms with Gasteiger partial charge in [-0.2, -0.15) is 0 Å². The van der Waals surface area contributed by atoms with Crippen LogP contribution in [0.1, 0.15) is 23.2 Å². The van der Waals surface area contributed by atoms with Crippen LogP contribution in [0.3, 0.4) is 0 Å². The van der Waals surface area contributed by atoms with Crippen molar-refractivity contribution in [3.05, 3.63) is 48.0 Å². The predicted octanol–water partition coefficient (Wildman–Crippen LogP) is 2.85. The van der Waals surface area contributed by atoms with E-state index in [-0.39, 0.29) is 11.9 Å². The third kappa shape index (κ3) is 2.22. The Balaban J connectivity index is 2.12. The van der Waals surface area contributed by atoms with E-state index in [0.29, 0.717) is 17.1 Å². The summed E-state index contributed by atoms with van der Waals surface area (Å²) in [5.41, 5.74) is 1.27. The van der Waals surface area contributed by atoms with Gasteiger partial charge in [0, 0.05) is 18.2 Å². The first-order valence-corrected chi connectivity index (χ1v) is 5.55. The number of ether oxygens (including phenoxy) is 1. The highest BCUT2D eigenvalue weighted by atomic mass is 16.5. The smallest absolute Gasteiger partial charge is 0.191 e. The Bertz CT molecular complexity index is 390. The van der Waals surface area contributed by atoms with E-state index in [1.54, 1.807) is 7.11 Å². The first-order chi connectivity index (χ1) is 7.74. The second kappa shape index (κ2) is 4.62. The molecule has 0 heterocycles. The van der Waals surface area contributed by atoms with Crippen molar-refractivity contribution in [3.8, 4) is 0 Å². The fraction of sp³-hybridized carbons (Fsp3) is 0.357. The minimum Gasteiger partial charge on any atom is -0.376 e. The van der Waals surface area contributed by atoms with Crippen LogP contribution in [0.15, 0.2) is 42.5 Å². The SMILES string of the molecule is C=C(C(=O)c1ccccc1)C(OC)C1CC1. The second-order valence-corrected chi connectivity index (χ2v) is 4.21. The van der Waals surface area contributed by atoms with Crippen molar-refractivity contribution in [2.75, 3.05) is 7.11 Å². The largest absolute Gasteiger partial charge is 0.376 e. The molecule has 0 N–H and O–H groups in total. The van der Waals surface area contributed by atoms with Gasteiger partial charge < -0.3 is 4.74 Å². The number of benzene rings is 1. The third-order valence-corrected chi connectivity index (χ3v) is 2.98. The molecule has 0 bridgehead atoms. The molecule has 2 rings (SSSR count). The van der Waals surface area contributed by atoms with Gasteiger partial charge in [0.1, 0.15) is 0 Å². The molecular weight excluding hydrogens is 200 g/mol. The van der Waals surface area contributed by atoms with E-state index >= 15 is 0 Å². The summed E-state index contributed by atoms with van der Waals surface area (Å²) in [5.74, 6) is 0.490. The zero-order valence-electron chi connectivity index (χ0n) is 9.48. The van der Waals surface area contributed by atoms with E-state index in [9.17, 15) is 4.79 Å². The molecule has 0 saturated heterocycles. The lowest BCUT2D eigenvalue weighted by atomic mass is 9.98. The Labute approximate surface area is 95.9 Å². The van der Waals surface area contributed by atoms with Crippen LogP contribution in [0.5, 0.6) is 0 Å². The number of Topliss-reactive ketones (excluding diaryl/α,β-unsaturated/α-hetero) is 1. The van der Waals surface area contributed by atoms with Crippen LogP contribution >= 0.6 is 0 Å². The Morgan fingerprint density at radius 3 is 2.50 bits per heavy atom. The summed E-state index contributed by atoms with van der Waals surface area (Å²) in [6.45, 7) is 3.89. The highest BCUT2D eigenvalue weighted by molar-refractivity contribution is 6.09. The van der Waals surface area contributed by atoms with Gasteiger partial charge in [0.25, 0.3) is 0 Å². The van der Waals surface area contributed by atoms with Gasteiger partial charge in [-0.05, 0) is 18.8 Å². The highest BCUT2D eigenvalue weighted by Gasteiger charge is 2.35. The van der Waals surface area contributed by atoms with Gasteiger partial charge in [0.2, 0.25) is 0 Å². The lowest BCUT2D eigenvalue weighted by Gasteiger charge is -2.16. The number of hydrogen-bond acceptors (Lipinski definition) is 2. The normalized spacial score (nSPS) is 16.8. The molecule has 1 aromatic carbocycles. The van der Waals surface area contributed by atoms with E-state index in [2.05, 4.69) is 6.58 Å². The maximum atomic E-state index is 12.1. The molecule has 84 valence electrons. The van der Waals surface area contributed by atoms with Crippen LogP contribution in [-0.4, -0.2) is 19.0 Å². The summed E-state index contributed by atoms with van der Waals surface area (Å²) in [6, 6.07) is 9.24. The number of carbonyl (C=O) groups is 1. The molecule has 1 fully saturated rings. The Hall–Kier alpha value is -1.41. The molecule has 1 aliphatic carbocycles. The van der Waals surface area contributed by atoms with Crippen LogP contribution in [0.25, 0.3) is 0 Å². The van der Waals surface area contributed by atoms with Gasteiger partial charge in [0.05, 0.1) is 6.10 Å². The van der Waals surface area contributed by atoms with Crippen molar-refractivity contribution >= 4 is 5.78 Å². The van der Waals surface area contributed by atoms with Crippen molar-refractivity contribution in [1.82, 2.24) is 0 Å². The van der Waals surface area contributed by atoms with E-state index in [1.165, 1.54) is 0 Å². The summed E-state index contributed by atoms with van der Waals surface area (Å²) in [6.07, 6.45) is 2.17. The van der Waals surface area contributed by atoms with Gasteiger partial charge >= 0.3 is 0 Å². The summed E-state index contributed by atoms with van der Waals surface area (Å²) >= 11 is 0. The number of rotatable bonds is 5. The van der Waals surface area contributed by atoms with Crippen LogP contribution in [-0.2, 0) is 4.74 Å². The van der Waals surface area contributed by atoms with Crippen molar-refractivity contribution in [1.29, 1.82) is 0 Å². The number of hydrogen-bond donors (Lipinski definition) is 0. The van der Waals surface area contributed by atoms with Crippen LogP contribution in [0.4, 0.5) is 0 Å². The van der Waals surface area contributed by atoms with E-state index in [4.69, 9.17) is 4.74 Å². The molecule has 1 saturated carbocycles. The highest BCUT2D eigenvalue weighted by Crippen LogP contribution is 2.37. The second-order valence-electron chi connectivity index (χ2n) is 4.21. The standard InChI is InChI=1S/C14H16O2/c1-10(14(16-2)12-8-9-12)13(15)11-6-4-3-5-7-11/h3-7,12,14H,1,8-9H2,2H3. The average Bonchev–Trinajstić information content (AvgIpc) is 3.14. The molecule has 1 unspecified atom stereocenters. The Morgan fingerprint density at radius 1 is 1.38 bits per heavy atom. The molecule has 1 aromatic rings. The van der Waals surface area contributed by atoms with E-state index in [0.717, 1.165) is 12.8 Å². The fourth-order valence-electron chi connectivity index (χ4n) is 1.92. The quantitative estimate of drug-likeness (QED) is 0.559. The monoisotopic (exact) mass is 216 g/mol. The third-order valence-electron chi connectivity index (χ3n) is 2.98. The summed E-state index contributed by atoms with van der Waals surface area (Å²) < 4.78 is 5.36. The maximum Gasteiger partial charge on any atom is 0.191 e. The number of ketones is 1. The van der Waals surface area contributed by atoms with Gasteiger partial charge in [-0.25, -0.2) is 0 Å². The van der Waals surface area contributed by atoms with Crippen LogP contribution < -0.4 is 0 Å². The molecular formula is C14H16O2. The summed E-state index contributed by atoms with van der Waals surface area (Å²) in [5, 5.41) is 0. The lowest BCUT2D eigenvalue weighted by Crippen LogP contribution is -2.21. The number of carbonyl (C=O) groups excluding carboxylic acids is 1. The first kappa shape index (κ1) is 11.1. The van der Waals surface area contributed by atoms with Gasteiger partial charge in [-0.15, -0.1) is 0 Å². The Kier molecular flexibility index (Phi) is 3.20. The van der Waals surface area contributed by atoms with Crippen LogP contribution in [0, 0.1) is 5.92 Å². The van der Waals surface area contributed by atoms with Gasteiger partial charge in [-0.1, -0.05) is 36.9 Å². The molecule has 2 nitrogen and oxygen atoms in total. The zero-order valence-corrected chi connectivity index (χ0v) is 9.48. The Morgan fingerprint density at radius 2 is 2.00 bits per heavy atom. The van der Waals surface area contributed by atoms with Crippen molar-refractivity contribution < 1.29 is 9.53 Å². The topological polar surface area (TPSA) is 26.3 Å². The summed E-state index contributed by atoms with van der Waals surface area (Å²) in [7, 11) is 1.65. The minimum absolute atomic E-state index is 0.000602. The fourth-order valence-corrected chi connectivity index (χ4v) is 1.92. The van der Waals surface area contributed by atoms with Crippen molar-refractivity contribution in [2.24, 2.45) is 5.92 Å². The van der Waals surface area contributed by atoms with Gasteiger partial charge in [0.15, 0.2) is 5.78 Å². The molecule has 0 aliphatic heterocycles. The van der Waals surface area contributed by atoms with Crippen LogP contribution in [0.2, 0.25) is 0 Å². The molecule has 0 amide bonds.